The van der Waals surface area contributed by atoms with Crippen LogP contribution in [0.25, 0.3) is 6.08 Å². The first-order valence-corrected chi connectivity index (χ1v) is 6.84. The number of rotatable bonds is 4. The van der Waals surface area contributed by atoms with Gasteiger partial charge in [-0.1, -0.05) is 18.2 Å². The molecule has 21 heavy (non-hydrogen) atoms. The van der Waals surface area contributed by atoms with Gasteiger partial charge in [0, 0.05) is 12.6 Å². The molecular weight excluding hydrogens is 294 g/mol. The van der Waals surface area contributed by atoms with Gasteiger partial charge in [-0.05, 0) is 23.9 Å². The van der Waals surface area contributed by atoms with Crippen molar-refractivity contribution in [1.29, 1.82) is 0 Å². The van der Waals surface area contributed by atoms with Crippen LogP contribution in [0.3, 0.4) is 0 Å². The standard InChI is InChI=1S/C14H13NO5S/c1-15-13(17)11(21-14(15)18)7-9-5-3-4-6-10(9)20-8-12(16)19-2/h3-7H,8H2,1-2H3. The van der Waals surface area contributed by atoms with Crippen LogP contribution in [0, 0.1) is 0 Å². The summed E-state index contributed by atoms with van der Waals surface area (Å²) >= 11 is 0.866. The predicted octanol–water partition coefficient (Wildman–Crippen LogP) is 1.90. The van der Waals surface area contributed by atoms with Gasteiger partial charge in [0.15, 0.2) is 6.61 Å². The number of imide groups is 1. The van der Waals surface area contributed by atoms with Crippen LogP contribution in [0.15, 0.2) is 29.2 Å². The van der Waals surface area contributed by atoms with Crippen LogP contribution in [0.4, 0.5) is 4.79 Å². The van der Waals surface area contributed by atoms with E-state index in [4.69, 9.17) is 4.74 Å². The Labute approximate surface area is 125 Å². The average Bonchev–Trinajstić information content (AvgIpc) is 2.73. The van der Waals surface area contributed by atoms with E-state index >= 15 is 0 Å². The first-order chi connectivity index (χ1) is 10.0. The molecule has 1 fully saturated rings. The highest BCUT2D eigenvalue weighted by molar-refractivity contribution is 8.18. The summed E-state index contributed by atoms with van der Waals surface area (Å²) in [5.74, 6) is -0.419. The normalized spacial score (nSPS) is 16.5. The SMILES string of the molecule is COC(=O)COc1ccccc1C=C1SC(=O)N(C)C1=O. The fourth-order valence-corrected chi connectivity index (χ4v) is 2.43. The largest absolute Gasteiger partial charge is 0.481 e. The van der Waals surface area contributed by atoms with Gasteiger partial charge in [0.25, 0.3) is 11.1 Å². The van der Waals surface area contributed by atoms with Crippen molar-refractivity contribution >= 4 is 35.0 Å². The highest BCUT2D eigenvalue weighted by Gasteiger charge is 2.31. The first kappa shape index (κ1) is 15.1. The van der Waals surface area contributed by atoms with Crippen LogP contribution < -0.4 is 4.74 Å². The molecule has 0 spiro atoms. The molecule has 0 bridgehead atoms. The maximum atomic E-state index is 11.8. The molecule has 1 aromatic rings. The number of hydrogen-bond donors (Lipinski definition) is 0. The minimum absolute atomic E-state index is 0.226. The molecule has 1 aliphatic heterocycles. The van der Waals surface area contributed by atoms with Crippen LogP contribution >= 0.6 is 11.8 Å². The van der Waals surface area contributed by atoms with Crippen LogP contribution in [0.5, 0.6) is 5.75 Å². The van der Waals surface area contributed by atoms with Crippen LogP contribution in [0.1, 0.15) is 5.56 Å². The second-order valence-electron chi connectivity index (χ2n) is 4.14. The molecule has 6 nitrogen and oxygen atoms in total. The number of para-hydroxylation sites is 1. The number of carbonyl (C=O) groups excluding carboxylic acids is 3. The van der Waals surface area contributed by atoms with Gasteiger partial charge >= 0.3 is 5.97 Å². The van der Waals surface area contributed by atoms with E-state index in [9.17, 15) is 14.4 Å². The Bertz CT molecular complexity index is 626. The van der Waals surface area contributed by atoms with E-state index < -0.39 is 5.97 Å². The Morgan fingerprint density at radius 3 is 2.67 bits per heavy atom. The smallest absolute Gasteiger partial charge is 0.343 e. The molecule has 1 aromatic carbocycles. The molecule has 1 heterocycles. The van der Waals surface area contributed by atoms with Gasteiger partial charge in [-0.3, -0.25) is 14.5 Å². The predicted molar refractivity (Wildman–Crippen MR) is 77.7 cm³/mol. The zero-order valence-electron chi connectivity index (χ0n) is 11.5. The zero-order chi connectivity index (χ0) is 15.4. The maximum absolute atomic E-state index is 11.8. The lowest BCUT2D eigenvalue weighted by molar-refractivity contribution is -0.142. The Morgan fingerprint density at radius 1 is 1.33 bits per heavy atom. The molecule has 0 radical (unpaired) electrons. The molecule has 2 amide bonds. The molecule has 2 rings (SSSR count). The molecule has 1 saturated heterocycles. The fourth-order valence-electron chi connectivity index (χ4n) is 1.61. The van der Waals surface area contributed by atoms with Crippen molar-refractivity contribution < 1.29 is 23.9 Å². The topological polar surface area (TPSA) is 72.9 Å². The molecule has 1 aliphatic rings. The summed E-state index contributed by atoms with van der Waals surface area (Å²) in [6.45, 7) is -0.226. The highest BCUT2D eigenvalue weighted by Crippen LogP contribution is 2.32. The molecule has 0 atom stereocenters. The molecule has 0 aliphatic carbocycles. The summed E-state index contributed by atoms with van der Waals surface area (Å²) < 4.78 is 9.85. The summed E-state index contributed by atoms with van der Waals surface area (Å²) in [5.41, 5.74) is 0.611. The number of esters is 1. The minimum Gasteiger partial charge on any atom is -0.481 e. The number of carbonyl (C=O) groups is 3. The molecule has 0 aromatic heterocycles. The number of thioether (sulfide) groups is 1. The van der Waals surface area contributed by atoms with E-state index in [1.54, 1.807) is 30.3 Å². The van der Waals surface area contributed by atoms with E-state index in [0.29, 0.717) is 16.2 Å². The Balaban J connectivity index is 2.23. The summed E-state index contributed by atoms with van der Waals surface area (Å²) in [5, 5.41) is -0.320. The third-order valence-electron chi connectivity index (χ3n) is 2.77. The van der Waals surface area contributed by atoms with Gasteiger partial charge in [-0.2, -0.15) is 0 Å². The van der Waals surface area contributed by atoms with E-state index in [2.05, 4.69) is 4.74 Å². The third kappa shape index (κ3) is 3.43. The van der Waals surface area contributed by atoms with Gasteiger partial charge in [-0.15, -0.1) is 0 Å². The quantitative estimate of drug-likeness (QED) is 0.625. The van der Waals surface area contributed by atoms with Gasteiger partial charge in [0.05, 0.1) is 12.0 Å². The maximum Gasteiger partial charge on any atom is 0.343 e. The summed E-state index contributed by atoms with van der Waals surface area (Å²) in [6, 6.07) is 6.92. The third-order valence-corrected chi connectivity index (χ3v) is 3.73. The number of amides is 2. The Kier molecular flexibility index (Phi) is 4.64. The van der Waals surface area contributed by atoms with Crippen LogP contribution in [0.2, 0.25) is 0 Å². The molecule has 0 N–H and O–H groups in total. The van der Waals surface area contributed by atoms with E-state index in [1.807, 2.05) is 0 Å². The van der Waals surface area contributed by atoms with Crippen LogP contribution in [-0.2, 0) is 14.3 Å². The lowest BCUT2D eigenvalue weighted by Gasteiger charge is -2.08. The molecule has 110 valence electrons. The van der Waals surface area contributed by atoms with E-state index in [-0.39, 0.29) is 17.8 Å². The van der Waals surface area contributed by atoms with E-state index in [1.165, 1.54) is 14.2 Å². The van der Waals surface area contributed by atoms with Crippen molar-refractivity contribution in [2.24, 2.45) is 0 Å². The number of benzene rings is 1. The van der Waals surface area contributed by atoms with Crippen LogP contribution in [-0.4, -0.2) is 42.8 Å². The van der Waals surface area contributed by atoms with Crippen molar-refractivity contribution in [3.05, 3.63) is 34.7 Å². The summed E-state index contributed by atoms with van der Waals surface area (Å²) in [6.07, 6.45) is 1.57. The fraction of sp³-hybridized carbons (Fsp3) is 0.214. The Morgan fingerprint density at radius 2 is 2.05 bits per heavy atom. The number of methoxy groups -OCH3 is 1. The highest BCUT2D eigenvalue weighted by atomic mass is 32.2. The number of ether oxygens (including phenoxy) is 2. The van der Waals surface area contributed by atoms with Gasteiger partial charge < -0.3 is 9.47 Å². The van der Waals surface area contributed by atoms with Crippen molar-refractivity contribution in [2.75, 3.05) is 20.8 Å². The molecule has 0 saturated carbocycles. The summed E-state index contributed by atoms with van der Waals surface area (Å²) in [7, 11) is 2.70. The second kappa shape index (κ2) is 6.45. The number of likely N-dealkylation sites (N-methyl/N-ethyl adjacent to an activating group) is 1. The van der Waals surface area contributed by atoms with Crippen molar-refractivity contribution in [3.8, 4) is 5.75 Å². The minimum atomic E-state index is -0.501. The molecule has 0 unspecified atom stereocenters. The first-order valence-electron chi connectivity index (χ1n) is 6.03. The number of hydrogen-bond acceptors (Lipinski definition) is 6. The average molecular weight is 307 g/mol. The van der Waals surface area contributed by atoms with Gasteiger partial charge in [-0.25, -0.2) is 4.79 Å². The lowest BCUT2D eigenvalue weighted by Crippen LogP contribution is -2.22. The van der Waals surface area contributed by atoms with Crippen molar-refractivity contribution in [3.63, 3.8) is 0 Å². The molecule has 7 heteroatoms. The summed E-state index contributed by atoms with van der Waals surface area (Å²) in [4.78, 5) is 35.8. The van der Waals surface area contributed by atoms with E-state index in [0.717, 1.165) is 16.7 Å². The van der Waals surface area contributed by atoms with Crippen molar-refractivity contribution in [1.82, 2.24) is 4.90 Å². The monoisotopic (exact) mass is 307 g/mol. The lowest BCUT2D eigenvalue weighted by atomic mass is 10.2. The molecular formula is C14H13NO5S. The Hall–Kier alpha value is -2.28. The number of nitrogens with zero attached hydrogens (tertiary/aromatic N) is 1. The van der Waals surface area contributed by atoms with Gasteiger partial charge in [0.2, 0.25) is 0 Å². The van der Waals surface area contributed by atoms with Gasteiger partial charge in [0.1, 0.15) is 5.75 Å². The second-order valence-corrected chi connectivity index (χ2v) is 5.14. The zero-order valence-corrected chi connectivity index (χ0v) is 12.3. The van der Waals surface area contributed by atoms with Crippen molar-refractivity contribution in [2.45, 2.75) is 0 Å².